The highest BCUT2D eigenvalue weighted by molar-refractivity contribution is 5.99. The number of fused-ring (bicyclic) bond motifs is 9. The molecule has 0 N–H and O–H groups in total. The van der Waals surface area contributed by atoms with E-state index < -0.39 is 0 Å². The number of hydrogen-bond acceptors (Lipinski definition) is 15. The molecule has 15 aromatic carbocycles. The minimum absolute atomic E-state index is 0.623. The first-order chi connectivity index (χ1) is 62.3. The van der Waals surface area contributed by atoms with E-state index in [1.54, 1.807) is 18.6 Å². The first kappa shape index (κ1) is 74.8. The fourth-order valence-electron chi connectivity index (χ4n) is 16.3. The Kier molecular flexibility index (Phi) is 19.6. The van der Waals surface area contributed by atoms with Crippen molar-refractivity contribution in [3.63, 3.8) is 0 Å². The molecule has 126 heavy (non-hydrogen) atoms. The summed E-state index contributed by atoms with van der Waals surface area (Å²) < 4.78 is 0. The zero-order chi connectivity index (χ0) is 83.6. The van der Waals surface area contributed by atoms with Gasteiger partial charge in [0.1, 0.15) is 0 Å². The predicted molar refractivity (Wildman–Crippen MR) is 509 cm³/mol. The number of aromatic nitrogens is 15. The van der Waals surface area contributed by atoms with Gasteiger partial charge in [0.05, 0.1) is 27.6 Å². The van der Waals surface area contributed by atoms with E-state index in [4.69, 9.17) is 44.9 Å². The van der Waals surface area contributed by atoms with Crippen molar-refractivity contribution < 1.29 is 0 Å². The van der Waals surface area contributed by atoms with Gasteiger partial charge in [-0.3, -0.25) is 29.9 Å². The number of hydrogen-bond donors (Lipinski definition) is 0. The second kappa shape index (κ2) is 32.9. The molecular formula is C111H69N15. The van der Waals surface area contributed by atoms with Crippen molar-refractivity contribution in [2.45, 2.75) is 0 Å². The second-order valence-electron chi connectivity index (χ2n) is 30.8. The zero-order valence-corrected chi connectivity index (χ0v) is 67.5. The third-order valence-electron chi connectivity index (χ3n) is 22.8. The van der Waals surface area contributed by atoms with E-state index >= 15 is 0 Å². The Hall–Kier alpha value is -17.4. The molecule has 0 amide bonds. The molecule has 0 aliphatic rings. The summed E-state index contributed by atoms with van der Waals surface area (Å²) in [5, 5.41) is 14.6. The molecule has 0 aliphatic carbocycles. The van der Waals surface area contributed by atoms with Crippen molar-refractivity contribution >= 4 is 97.6 Å². The maximum absolute atomic E-state index is 4.98. The second-order valence-corrected chi connectivity index (χ2v) is 30.8. The van der Waals surface area contributed by atoms with Crippen LogP contribution in [-0.2, 0) is 0 Å². The van der Waals surface area contributed by atoms with Gasteiger partial charge in [0.15, 0.2) is 52.4 Å². The quantitative estimate of drug-likeness (QED) is 0.112. The molecule has 0 aliphatic heterocycles. The van der Waals surface area contributed by atoms with Gasteiger partial charge in [-0.05, 0) is 198 Å². The van der Waals surface area contributed by atoms with E-state index in [0.29, 0.717) is 52.4 Å². The molecule has 0 saturated carbocycles. The van der Waals surface area contributed by atoms with Crippen molar-refractivity contribution in [2.75, 3.05) is 0 Å². The topological polar surface area (TPSA) is 193 Å². The first-order valence-corrected chi connectivity index (χ1v) is 41.5. The highest BCUT2D eigenvalue weighted by atomic mass is 15.1. The van der Waals surface area contributed by atoms with E-state index in [0.717, 1.165) is 154 Å². The smallest absolute Gasteiger partial charge is 0.164 e. The lowest BCUT2D eigenvalue weighted by atomic mass is 9.98. The third kappa shape index (κ3) is 15.3. The monoisotopic (exact) mass is 1610 g/mol. The summed E-state index contributed by atoms with van der Waals surface area (Å²) in [7, 11) is 0. The van der Waals surface area contributed by atoms with Crippen LogP contribution in [0.4, 0.5) is 0 Å². The van der Waals surface area contributed by atoms with E-state index in [1.807, 2.05) is 134 Å². The SMILES string of the molecule is c1ccc2cc(-c3nc(-c4ccc(-c5ccc6ncccc6c5)cc4)nc(-c4ccc5ncccc5c4)n3)ccc2c1.c1ccc2cc(-c3nc(-c4ccc(-c5cccc6cnccc56)cc4)nc(-c4ccc5ncccc5c4)n3)ccc2c1.c1ccc2cc(-c3nc(-c4ccc(-c5cccc6ncccc56)cc4)nc(-c4ccc5ncccc5c4)n3)ccc2c1. The Labute approximate surface area is 723 Å². The number of benzene rings is 15. The Morgan fingerprint density at radius 3 is 0.778 bits per heavy atom. The molecule has 0 bridgehead atoms. The van der Waals surface area contributed by atoms with Gasteiger partial charge in [-0.15, -0.1) is 0 Å². The van der Waals surface area contributed by atoms with Crippen molar-refractivity contribution in [1.29, 1.82) is 0 Å². The number of nitrogens with zero attached hydrogens (tertiary/aromatic N) is 15. The van der Waals surface area contributed by atoms with Gasteiger partial charge in [0, 0.05) is 126 Å². The van der Waals surface area contributed by atoms with Crippen LogP contribution in [0.3, 0.4) is 0 Å². The minimum atomic E-state index is 0.623. The lowest BCUT2D eigenvalue weighted by Gasteiger charge is -2.11. The molecule has 15 heteroatoms. The van der Waals surface area contributed by atoms with Gasteiger partial charge in [-0.2, -0.15) is 0 Å². The van der Waals surface area contributed by atoms with Gasteiger partial charge < -0.3 is 0 Å². The van der Waals surface area contributed by atoms with Crippen LogP contribution in [0.1, 0.15) is 0 Å². The fraction of sp³-hybridized carbons (Fsp3) is 0. The van der Waals surface area contributed by atoms with Gasteiger partial charge in [0.25, 0.3) is 0 Å². The normalized spacial score (nSPS) is 11.3. The molecule has 0 saturated heterocycles. The van der Waals surface area contributed by atoms with E-state index in [2.05, 4.69) is 297 Å². The van der Waals surface area contributed by atoms with E-state index in [1.165, 1.54) is 27.1 Å². The van der Waals surface area contributed by atoms with Crippen LogP contribution in [0.2, 0.25) is 0 Å². The van der Waals surface area contributed by atoms with Crippen molar-refractivity contribution in [2.24, 2.45) is 0 Å². The Bertz CT molecular complexity index is 7680. The molecule has 0 fully saturated rings. The van der Waals surface area contributed by atoms with Crippen molar-refractivity contribution in [3.8, 4) is 136 Å². The predicted octanol–water partition coefficient (Wildman–Crippen LogP) is 26.4. The molecule has 24 aromatic rings. The van der Waals surface area contributed by atoms with Gasteiger partial charge >= 0.3 is 0 Å². The summed E-state index contributed by atoms with van der Waals surface area (Å²) >= 11 is 0. The highest BCUT2D eigenvalue weighted by Crippen LogP contribution is 2.38. The zero-order valence-electron chi connectivity index (χ0n) is 67.5. The van der Waals surface area contributed by atoms with Crippen LogP contribution >= 0.6 is 0 Å². The summed E-state index contributed by atoms with van der Waals surface area (Å²) in [5.74, 6) is 5.66. The molecule has 0 spiro atoms. The van der Waals surface area contributed by atoms with Crippen LogP contribution < -0.4 is 0 Å². The maximum Gasteiger partial charge on any atom is 0.164 e. The van der Waals surface area contributed by atoms with Crippen LogP contribution in [0.5, 0.6) is 0 Å². The first-order valence-electron chi connectivity index (χ1n) is 41.5. The molecule has 0 atom stereocenters. The van der Waals surface area contributed by atoms with E-state index in [-0.39, 0.29) is 0 Å². The summed E-state index contributed by atoms with van der Waals surface area (Å²) in [5.41, 5.74) is 19.9. The van der Waals surface area contributed by atoms with Crippen LogP contribution in [0.25, 0.3) is 233 Å². The van der Waals surface area contributed by atoms with Gasteiger partial charge in [-0.1, -0.05) is 249 Å². The van der Waals surface area contributed by atoms with E-state index in [9.17, 15) is 0 Å². The molecule has 9 aromatic heterocycles. The summed E-state index contributed by atoms with van der Waals surface area (Å²) in [6, 6.07) is 129. The lowest BCUT2D eigenvalue weighted by molar-refractivity contribution is 1.07. The van der Waals surface area contributed by atoms with Crippen molar-refractivity contribution in [3.05, 3.63) is 419 Å². The minimum Gasteiger partial charge on any atom is -0.264 e. The van der Waals surface area contributed by atoms with Crippen molar-refractivity contribution in [1.82, 2.24) is 74.8 Å². The van der Waals surface area contributed by atoms with Gasteiger partial charge in [0.2, 0.25) is 0 Å². The average Bonchev–Trinajstić information content (AvgIpc) is 0.789. The Morgan fingerprint density at radius 1 is 0.135 bits per heavy atom. The Morgan fingerprint density at radius 2 is 0.397 bits per heavy atom. The largest absolute Gasteiger partial charge is 0.264 e. The molecule has 15 nitrogen and oxygen atoms in total. The molecule has 9 heterocycles. The van der Waals surface area contributed by atoms with Gasteiger partial charge in [-0.25, -0.2) is 44.9 Å². The molecular weight excluding hydrogens is 1540 g/mol. The molecule has 588 valence electrons. The maximum atomic E-state index is 4.98. The fourth-order valence-corrected chi connectivity index (χ4v) is 16.3. The summed E-state index contributed by atoms with van der Waals surface area (Å²) in [6.07, 6.45) is 12.8. The summed E-state index contributed by atoms with van der Waals surface area (Å²) in [6.45, 7) is 0. The summed E-state index contributed by atoms with van der Waals surface area (Å²) in [4.78, 5) is 71.4. The average molecular weight is 1610 g/mol. The van der Waals surface area contributed by atoms with Crippen LogP contribution in [0.15, 0.2) is 419 Å². The van der Waals surface area contributed by atoms with Crippen LogP contribution in [0, 0.1) is 0 Å². The van der Waals surface area contributed by atoms with Crippen LogP contribution in [-0.4, -0.2) is 74.8 Å². The lowest BCUT2D eigenvalue weighted by Crippen LogP contribution is -2.00. The molecule has 24 rings (SSSR count). The standard InChI is InChI=1S/3C37H23N5/c1-2-7-27-22-29(17-12-24(27)6-1)36-40-35(41-37(42-36)30-18-19-33-28(23-30)8-4-20-38-33)26-15-13-25(14-16-26)31-9-3-11-34-32(31)10-5-21-39-34;1-2-6-27-22-31(14-11-24(27)5-1)36-40-35(41-37(42-36)32-16-18-34-30(23-32)8-4-20-39-34)26-12-9-25(10-13-26)28-15-17-33-29(21-28)7-3-19-38-33;1-2-6-27-21-29(15-10-24(27)5-1)36-40-35(41-37(42-36)30-16-17-34-28(22-30)8-4-19-39-34)26-13-11-25(12-14-26)32-9-3-7-31-23-38-20-18-33(31)32/h3*1-23H. The Balaban J connectivity index is 0.000000112. The number of rotatable bonds is 12. The molecule has 0 unspecified atom stereocenters. The third-order valence-corrected chi connectivity index (χ3v) is 22.8. The number of pyridine rings is 6. The molecule has 0 radical (unpaired) electrons. The highest BCUT2D eigenvalue weighted by Gasteiger charge is 2.20.